The Kier molecular flexibility index (Phi) is 75.0. The molecule has 2 unspecified atom stereocenters. The number of aliphatic carboxylic acids is 1. The Labute approximate surface area is 611 Å². The quantitative estimate of drug-likeness (QED) is 0.0195. The number of carbonyl (C=O) groups excluding carboxylic acids is 3. The number of hydrogen-bond acceptors (Lipinski definition) is 8. The minimum Gasteiger partial charge on any atom is -0.545 e. The number of carboxylic acid groups (broad SMARTS) is 1. The Balaban J connectivity index is 4.01. The molecule has 0 aromatic rings. The molecule has 0 spiro atoms. The maximum atomic E-state index is 13.0. The standard InChI is InChI=1S/C90H153NO8/c1-6-8-10-12-14-16-18-20-22-24-26-28-30-32-34-36-38-40-42-43-44-45-47-48-50-52-54-56-58-60-62-64-66-68-70-72-74-76-78-80-87(92)97-84-86(85-98-90(89(94)95)96-83-82-91(3,4)5)99-88(93)81-79-77-75-73-71-69-67-65-63-61-59-57-55-53-51-49-46-41-39-37-35-33-31-29-27-25-23-21-19-17-15-13-11-9-7-2/h8-11,14-17,20-23,26-29,32-35,39,41,49,51,86,90H,6-7,12-13,18-19,24-25,30-31,36-38,40,42-48,50,52-85H2,1-5H3/b10-8-,11-9-,16-14-,17-15-,22-20-,23-21-,28-26-,29-27-,34-32-,35-33-,41-39-,51-49-. The van der Waals surface area contributed by atoms with Crippen LogP contribution in [-0.2, 0) is 33.3 Å². The summed E-state index contributed by atoms with van der Waals surface area (Å²) < 4.78 is 22.9. The summed E-state index contributed by atoms with van der Waals surface area (Å²) in [7, 11) is 5.94. The van der Waals surface area contributed by atoms with Gasteiger partial charge in [-0.05, 0) is 116 Å². The van der Waals surface area contributed by atoms with Gasteiger partial charge in [0.05, 0.1) is 40.3 Å². The Morgan fingerprint density at radius 1 is 0.303 bits per heavy atom. The number of carbonyl (C=O) groups is 3. The molecule has 0 fully saturated rings. The lowest BCUT2D eigenvalue weighted by Crippen LogP contribution is -2.44. The molecule has 0 aromatic heterocycles. The molecule has 0 N–H and O–H groups in total. The van der Waals surface area contributed by atoms with Gasteiger partial charge in [0, 0.05) is 12.8 Å². The van der Waals surface area contributed by atoms with Crippen LogP contribution in [0.4, 0.5) is 0 Å². The molecule has 9 nitrogen and oxygen atoms in total. The van der Waals surface area contributed by atoms with E-state index >= 15 is 0 Å². The zero-order valence-corrected chi connectivity index (χ0v) is 64.8. The zero-order valence-electron chi connectivity index (χ0n) is 64.8. The number of allylic oxidation sites excluding steroid dienone is 24. The van der Waals surface area contributed by atoms with E-state index in [0.29, 0.717) is 23.9 Å². The number of unbranched alkanes of at least 4 members (excludes halogenated alkanes) is 36. The second kappa shape index (κ2) is 78.9. The molecule has 99 heavy (non-hydrogen) atoms. The van der Waals surface area contributed by atoms with E-state index in [1.807, 2.05) is 21.1 Å². The molecule has 0 saturated carbocycles. The Morgan fingerprint density at radius 3 is 0.808 bits per heavy atom. The number of hydrogen-bond donors (Lipinski definition) is 0. The fraction of sp³-hybridized carbons (Fsp3) is 0.700. The fourth-order valence-corrected chi connectivity index (χ4v) is 11.4. The van der Waals surface area contributed by atoms with Crippen molar-refractivity contribution in [2.45, 2.75) is 360 Å². The fourth-order valence-electron chi connectivity index (χ4n) is 11.4. The van der Waals surface area contributed by atoms with Gasteiger partial charge in [0.15, 0.2) is 12.4 Å². The summed E-state index contributed by atoms with van der Waals surface area (Å²) in [5.74, 6) is -2.27. The zero-order chi connectivity index (χ0) is 71.8. The van der Waals surface area contributed by atoms with Gasteiger partial charge in [-0.3, -0.25) is 9.59 Å². The molecule has 0 rings (SSSR count). The van der Waals surface area contributed by atoms with Crippen molar-refractivity contribution in [1.82, 2.24) is 0 Å². The number of quaternary nitrogens is 1. The van der Waals surface area contributed by atoms with Crippen LogP contribution in [0.25, 0.3) is 0 Å². The molecule has 0 heterocycles. The summed E-state index contributed by atoms with van der Waals surface area (Å²) in [5, 5.41) is 11.9. The molecule has 0 saturated heterocycles. The average molecular weight is 1380 g/mol. The molecule has 0 amide bonds. The molecule has 0 aliphatic carbocycles. The van der Waals surface area contributed by atoms with Crippen LogP contribution in [0, 0.1) is 0 Å². The summed E-state index contributed by atoms with van der Waals surface area (Å²) in [6, 6.07) is 0. The molecule has 0 aromatic carbocycles. The van der Waals surface area contributed by atoms with Gasteiger partial charge in [0.25, 0.3) is 0 Å². The van der Waals surface area contributed by atoms with Crippen LogP contribution >= 0.6 is 0 Å². The second-order valence-corrected chi connectivity index (χ2v) is 28.3. The Hall–Kier alpha value is -4.83. The maximum absolute atomic E-state index is 13.0. The first-order valence-electron chi connectivity index (χ1n) is 41.0. The second-order valence-electron chi connectivity index (χ2n) is 28.3. The topological polar surface area (TPSA) is 111 Å². The van der Waals surface area contributed by atoms with E-state index < -0.39 is 24.3 Å². The summed E-state index contributed by atoms with van der Waals surface area (Å²) in [6.07, 6.45) is 113. The highest BCUT2D eigenvalue weighted by Gasteiger charge is 2.22. The first kappa shape index (κ1) is 94.2. The molecule has 0 radical (unpaired) electrons. The Morgan fingerprint density at radius 2 is 0.545 bits per heavy atom. The summed E-state index contributed by atoms with van der Waals surface area (Å²) >= 11 is 0. The van der Waals surface area contributed by atoms with Gasteiger partial charge >= 0.3 is 11.9 Å². The SMILES string of the molecule is CC/C=C\C/C=C\C/C=C\C/C=C\C/C=C\C/C=C\C/C=C\CCCCCCCCCCCCCCCC(=O)OC(COC(=O)CCCCCCCCCCCCCCCCCCCCCCCCC/C=C\C/C=C\C/C=C\C/C=C\C/C=C\CC)COC(OCC[N+](C)(C)C)C(=O)[O-]. The van der Waals surface area contributed by atoms with Crippen LogP contribution in [0.1, 0.15) is 348 Å². The van der Waals surface area contributed by atoms with E-state index in [0.717, 1.165) is 116 Å². The highest BCUT2D eigenvalue weighted by atomic mass is 16.7. The highest BCUT2D eigenvalue weighted by Crippen LogP contribution is 2.19. The maximum Gasteiger partial charge on any atom is 0.306 e. The predicted octanol–water partition coefficient (Wildman–Crippen LogP) is 25.3. The van der Waals surface area contributed by atoms with Crippen molar-refractivity contribution < 1.29 is 42.9 Å². The van der Waals surface area contributed by atoms with Crippen molar-refractivity contribution in [3.63, 3.8) is 0 Å². The molecule has 0 aliphatic heterocycles. The molecular formula is C90H153NO8. The molecular weight excluding hydrogens is 1220 g/mol. The van der Waals surface area contributed by atoms with Gasteiger partial charge in [-0.25, -0.2) is 0 Å². The first-order chi connectivity index (χ1) is 48.6. The van der Waals surface area contributed by atoms with E-state index in [2.05, 4.69) is 160 Å². The van der Waals surface area contributed by atoms with E-state index in [-0.39, 0.29) is 32.2 Å². The van der Waals surface area contributed by atoms with Gasteiger partial charge in [-0.1, -0.05) is 365 Å². The van der Waals surface area contributed by atoms with E-state index in [1.165, 1.54) is 199 Å². The summed E-state index contributed by atoms with van der Waals surface area (Å²) in [5.41, 5.74) is 0. The van der Waals surface area contributed by atoms with Crippen LogP contribution in [0.2, 0.25) is 0 Å². The first-order valence-corrected chi connectivity index (χ1v) is 41.0. The normalized spacial score (nSPS) is 13.4. The summed E-state index contributed by atoms with van der Waals surface area (Å²) in [6.45, 7) is 4.55. The van der Waals surface area contributed by atoms with Gasteiger partial charge in [0.1, 0.15) is 13.2 Å². The number of nitrogens with zero attached hydrogens (tertiary/aromatic N) is 1. The lowest BCUT2D eigenvalue weighted by molar-refractivity contribution is -0.870. The average Bonchev–Trinajstić information content (AvgIpc) is 1.16. The number of ether oxygens (including phenoxy) is 4. The van der Waals surface area contributed by atoms with Crippen LogP contribution in [0.5, 0.6) is 0 Å². The smallest absolute Gasteiger partial charge is 0.306 e. The van der Waals surface area contributed by atoms with Crippen molar-refractivity contribution in [1.29, 1.82) is 0 Å². The van der Waals surface area contributed by atoms with Crippen molar-refractivity contribution in [2.24, 2.45) is 0 Å². The number of likely N-dealkylation sites (N-methyl/N-ethyl adjacent to an activating group) is 1. The van der Waals surface area contributed by atoms with Crippen molar-refractivity contribution in [3.05, 3.63) is 146 Å². The van der Waals surface area contributed by atoms with Gasteiger partial charge < -0.3 is 33.3 Å². The number of esters is 2. The minimum absolute atomic E-state index is 0.144. The molecule has 0 aliphatic rings. The van der Waals surface area contributed by atoms with Crippen molar-refractivity contribution in [3.8, 4) is 0 Å². The Bertz CT molecular complexity index is 2150. The largest absolute Gasteiger partial charge is 0.545 e. The number of carboxylic acids is 1. The molecule has 2 atom stereocenters. The molecule has 566 valence electrons. The van der Waals surface area contributed by atoms with Crippen LogP contribution < -0.4 is 5.11 Å². The van der Waals surface area contributed by atoms with Crippen LogP contribution in [0.15, 0.2) is 146 Å². The lowest BCUT2D eigenvalue weighted by atomic mass is 10.0. The summed E-state index contributed by atoms with van der Waals surface area (Å²) in [4.78, 5) is 37.6. The van der Waals surface area contributed by atoms with E-state index in [4.69, 9.17) is 18.9 Å². The minimum atomic E-state index is -1.63. The highest BCUT2D eigenvalue weighted by molar-refractivity contribution is 5.70. The molecule has 0 bridgehead atoms. The number of rotatable bonds is 75. The lowest BCUT2D eigenvalue weighted by Gasteiger charge is -2.26. The van der Waals surface area contributed by atoms with Crippen molar-refractivity contribution >= 4 is 17.9 Å². The van der Waals surface area contributed by atoms with Gasteiger partial charge in [0.2, 0.25) is 0 Å². The third-order valence-corrected chi connectivity index (χ3v) is 17.6. The third kappa shape index (κ3) is 80.4. The third-order valence-electron chi connectivity index (χ3n) is 17.6. The van der Waals surface area contributed by atoms with Crippen LogP contribution in [-0.4, -0.2) is 82.3 Å². The monoisotopic (exact) mass is 1380 g/mol. The predicted molar refractivity (Wildman–Crippen MR) is 426 cm³/mol. The van der Waals surface area contributed by atoms with Crippen LogP contribution in [0.3, 0.4) is 0 Å². The van der Waals surface area contributed by atoms with E-state index in [1.54, 1.807) is 0 Å². The van der Waals surface area contributed by atoms with Gasteiger partial charge in [-0.15, -0.1) is 0 Å². The molecule has 9 heteroatoms. The van der Waals surface area contributed by atoms with E-state index in [9.17, 15) is 19.5 Å². The van der Waals surface area contributed by atoms with Gasteiger partial charge in [-0.2, -0.15) is 0 Å². The van der Waals surface area contributed by atoms with Crippen molar-refractivity contribution in [2.75, 3.05) is 47.5 Å².